The Morgan fingerprint density at radius 3 is 2.55 bits per heavy atom. The highest BCUT2D eigenvalue weighted by atomic mass is 16.3. The van der Waals surface area contributed by atoms with Gasteiger partial charge in [0.05, 0.1) is 0 Å². The fraction of sp³-hybridized carbons (Fsp3) is 0.778. The lowest BCUT2D eigenvalue weighted by molar-refractivity contribution is 0.495. The fourth-order valence-corrected chi connectivity index (χ4v) is 0.918. The monoisotopic (exact) mass is 155 g/mol. The van der Waals surface area contributed by atoms with Crippen molar-refractivity contribution in [2.45, 2.75) is 45.1 Å². The van der Waals surface area contributed by atoms with E-state index >= 15 is 0 Å². The number of nitroso groups, excluding NO2 is 1. The van der Waals surface area contributed by atoms with Crippen LogP contribution >= 0.6 is 0 Å². The molecule has 0 bridgehead atoms. The van der Waals surface area contributed by atoms with Gasteiger partial charge in [-0.05, 0) is 13.3 Å². The molecule has 0 fully saturated rings. The van der Waals surface area contributed by atoms with E-state index < -0.39 is 5.54 Å². The predicted octanol–water partition coefficient (Wildman–Crippen LogP) is 3.28. The summed E-state index contributed by atoms with van der Waals surface area (Å²) in [6.07, 6.45) is 5.86. The summed E-state index contributed by atoms with van der Waals surface area (Å²) in [6, 6.07) is 0. The van der Waals surface area contributed by atoms with Crippen LogP contribution in [0.15, 0.2) is 17.8 Å². The third-order valence-corrected chi connectivity index (χ3v) is 1.93. The molecule has 64 valence electrons. The third kappa shape index (κ3) is 3.91. The van der Waals surface area contributed by atoms with Crippen LogP contribution in [0.4, 0.5) is 0 Å². The van der Waals surface area contributed by atoms with Gasteiger partial charge in [-0.15, -0.1) is 11.5 Å². The van der Waals surface area contributed by atoms with Gasteiger partial charge in [-0.3, -0.25) is 0 Å². The Hall–Kier alpha value is -0.660. The van der Waals surface area contributed by atoms with Crippen LogP contribution in [-0.4, -0.2) is 5.54 Å². The minimum absolute atomic E-state index is 0.533. The molecular formula is C9H17NO. The maximum Gasteiger partial charge on any atom is 0.118 e. The number of unbranched alkanes of at least 4 members (excludes halogenated alkanes) is 2. The molecule has 0 N–H and O–H groups in total. The average molecular weight is 155 g/mol. The normalized spacial score (nSPS) is 15.5. The molecule has 0 aromatic heterocycles. The minimum Gasteiger partial charge on any atom is -0.150 e. The molecule has 0 heterocycles. The summed E-state index contributed by atoms with van der Waals surface area (Å²) in [5, 5.41) is 3.04. The van der Waals surface area contributed by atoms with Gasteiger partial charge in [0.1, 0.15) is 5.54 Å². The first-order valence-corrected chi connectivity index (χ1v) is 4.16. The molecule has 0 aromatic carbocycles. The summed E-state index contributed by atoms with van der Waals surface area (Å²) in [5.74, 6) is 0. The number of nitrogens with zero attached hydrogens (tertiary/aromatic N) is 1. The van der Waals surface area contributed by atoms with Crippen molar-refractivity contribution in [3.63, 3.8) is 0 Å². The van der Waals surface area contributed by atoms with E-state index in [0.29, 0.717) is 0 Å². The van der Waals surface area contributed by atoms with Gasteiger partial charge in [0.25, 0.3) is 0 Å². The van der Waals surface area contributed by atoms with Gasteiger partial charge in [-0.1, -0.05) is 37.4 Å². The van der Waals surface area contributed by atoms with E-state index in [1.165, 1.54) is 12.8 Å². The Labute approximate surface area is 68.7 Å². The van der Waals surface area contributed by atoms with Crippen molar-refractivity contribution in [1.29, 1.82) is 0 Å². The smallest absolute Gasteiger partial charge is 0.118 e. The molecule has 1 unspecified atom stereocenters. The lowest BCUT2D eigenvalue weighted by Gasteiger charge is -2.15. The third-order valence-electron chi connectivity index (χ3n) is 1.93. The molecule has 11 heavy (non-hydrogen) atoms. The molecule has 2 nitrogen and oxygen atoms in total. The van der Waals surface area contributed by atoms with Crippen molar-refractivity contribution in [2.75, 3.05) is 0 Å². The standard InChI is InChI=1S/C9H17NO/c1-4-6-7-8-9(3,5-2)10-11/h5H,2,4,6-8H2,1,3H3. The lowest BCUT2D eigenvalue weighted by Crippen LogP contribution is -2.16. The maximum absolute atomic E-state index is 10.3. The van der Waals surface area contributed by atoms with Crippen molar-refractivity contribution in [3.05, 3.63) is 17.6 Å². The molecule has 0 saturated carbocycles. The van der Waals surface area contributed by atoms with Crippen molar-refractivity contribution < 1.29 is 0 Å². The Bertz CT molecular complexity index is 124. The van der Waals surface area contributed by atoms with Gasteiger partial charge in [0.2, 0.25) is 0 Å². The van der Waals surface area contributed by atoms with Crippen LogP contribution in [0.25, 0.3) is 0 Å². The van der Waals surface area contributed by atoms with Gasteiger partial charge in [0.15, 0.2) is 0 Å². The lowest BCUT2D eigenvalue weighted by atomic mass is 9.96. The number of rotatable bonds is 6. The van der Waals surface area contributed by atoms with E-state index in [4.69, 9.17) is 0 Å². The van der Waals surface area contributed by atoms with Crippen molar-refractivity contribution in [2.24, 2.45) is 5.18 Å². The fourth-order valence-electron chi connectivity index (χ4n) is 0.918. The van der Waals surface area contributed by atoms with E-state index in [1.54, 1.807) is 6.08 Å². The van der Waals surface area contributed by atoms with Crippen LogP contribution in [0.2, 0.25) is 0 Å². The van der Waals surface area contributed by atoms with Gasteiger partial charge in [-0.25, -0.2) is 0 Å². The molecule has 0 radical (unpaired) electrons. The minimum atomic E-state index is -0.533. The molecule has 0 aliphatic heterocycles. The SMILES string of the molecule is C=CC(C)(CCCCC)N=O. The Kier molecular flexibility index (Phi) is 4.75. The zero-order valence-electron chi connectivity index (χ0n) is 7.47. The molecule has 0 aliphatic rings. The van der Waals surface area contributed by atoms with Crippen molar-refractivity contribution in [3.8, 4) is 0 Å². The largest absolute Gasteiger partial charge is 0.150 e. The van der Waals surface area contributed by atoms with Crippen molar-refractivity contribution in [1.82, 2.24) is 0 Å². The Morgan fingerprint density at radius 2 is 2.18 bits per heavy atom. The topological polar surface area (TPSA) is 29.4 Å². The Balaban J connectivity index is 3.69. The highest BCUT2D eigenvalue weighted by Crippen LogP contribution is 2.19. The van der Waals surface area contributed by atoms with Gasteiger partial charge in [-0.2, -0.15) is 0 Å². The maximum atomic E-state index is 10.3. The van der Waals surface area contributed by atoms with E-state index in [0.717, 1.165) is 12.8 Å². The predicted molar refractivity (Wildman–Crippen MR) is 48.5 cm³/mol. The molecule has 0 spiro atoms. The highest BCUT2D eigenvalue weighted by Gasteiger charge is 2.19. The number of hydrogen-bond acceptors (Lipinski definition) is 2. The first-order valence-electron chi connectivity index (χ1n) is 4.16. The van der Waals surface area contributed by atoms with E-state index in [2.05, 4.69) is 18.7 Å². The first-order chi connectivity index (χ1) is 5.18. The van der Waals surface area contributed by atoms with Gasteiger partial charge >= 0.3 is 0 Å². The summed E-state index contributed by atoms with van der Waals surface area (Å²) in [4.78, 5) is 10.3. The summed E-state index contributed by atoms with van der Waals surface area (Å²) >= 11 is 0. The van der Waals surface area contributed by atoms with Crippen LogP contribution in [0.1, 0.15) is 39.5 Å². The summed E-state index contributed by atoms with van der Waals surface area (Å²) < 4.78 is 0. The summed E-state index contributed by atoms with van der Waals surface area (Å²) in [5.41, 5.74) is -0.533. The molecule has 1 atom stereocenters. The van der Waals surface area contributed by atoms with E-state index in [9.17, 15) is 4.91 Å². The van der Waals surface area contributed by atoms with Crippen LogP contribution in [0.5, 0.6) is 0 Å². The molecule has 2 heteroatoms. The van der Waals surface area contributed by atoms with E-state index in [1.807, 2.05) is 6.92 Å². The molecule has 0 amide bonds. The van der Waals surface area contributed by atoms with Crippen LogP contribution in [0, 0.1) is 4.91 Å². The van der Waals surface area contributed by atoms with Crippen LogP contribution in [0.3, 0.4) is 0 Å². The second kappa shape index (κ2) is 5.05. The molecule has 0 aromatic rings. The van der Waals surface area contributed by atoms with Crippen LogP contribution < -0.4 is 0 Å². The highest BCUT2D eigenvalue weighted by molar-refractivity contribution is 4.98. The molecule has 0 saturated heterocycles. The van der Waals surface area contributed by atoms with Gasteiger partial charge < -0.3 is 0 Å². The van der Waals surface area contributed by atoms with Crippen molar-refractivity contribution >= 4 is 0 Å². The summed E-state index contributed by atoms with van der Waals surface area (Å²) in [7, 11) is 0. The Morgan fingerprint density at radius 1 is 1.55 bits per heavy atom. The van der Waals surface area contributed by atoms with Gasteiger partial charge in [0, 0.05) is 0 Å². The quantitative estimate of drug-likeness (QED) is 0.329. The first kappa shape index (κ1) is 10.3. The average Bonchev–Trinajstić information content (AvgIpc) is 2.05. The second-order valence-corrected chi connectivity index (χ2v) is 3.11. The number of hydrogen-bond donors (Lipinski definition) is 0. The molecule has 0 aliphatic carbocycles. The summed E-state index contributed by atoms with van der Waals surface area (Å²) in [6.45, 7) is 7.55. The van der Waals surface area contributed by atoms with E-state index in [-0.39, 0.29) is 0 Å². The molecular weight excluding hydrogens is 138 g/mol. The zero-order valence-corrected chi connectivity index (χ0v) is 7.47. The van der Waals surface area contributed by atoms with Crippen LogP contribution in [-0.2, 0) is 0 Å². The zero-order chi connectivity index (χ0) is 8.74. The molecule has 0 rings (SSSR count). The second-order valence-electron chi connectivity index (χ2n) is 3.11.